The van der Waals surface area contributed by atoms with E-state index >= 15 is 0 Å². The zero-order valence-electron chi connectivity index (χ0n) is 11.0. The van der Waals surface area contributed by atoms with Gasteiger partial charge in [0.15, 0.2) is 0 Å². The van der Waals surface area contributed by atoms with Crippen LogP contribution >= 0.6 is 15.9 Å². The number of carbonyl (C=O) groups is 1. The van der Waals surface area contributed by atoms with E-state index in [1.807, 2.05) is 38.1 Å². The van der Waals surface area contributed by atoms with Gasteiger partial charge in [0.25, 0.3) is 0 Å². The quantitative estimate of drug-likeness (QED) is 0.793. The summed E-state index contributed by atoms with van der Waals surface area (Å²) in [5.41, 5.74) is 5.92. The third-order valence-corrected chi connectivity index (χ3v) is 3.58. The fraction of sp³-hybridized carbons (Fsp3) is 0.500. The second-order valence-corrected chi connectivity index (χ2v) is 5.80. The van der Waals surface area contributed by atoms with E-state index in [1.54, 1.807) is 0 Å². The average molecular weight is 313 g/mol. The Hall–Kier alpha value is -0.870. The van der Waals surface area contributed by atoms with Crippen LogP contribution in [0.3, 0.4) is 0 Å². The Labute approximate surface area is 117 Å². The summed E-state index contributed by atoms with van der Waals surface area (Å²) in [6.07, 6.45) is 1.87. The Morgan fingerprint density at radius 2 is 1.89 bits per heavy atom. The van der Waals surface area contributed by atoms with Crippen molar-refractivity contribution in [2.24, 2.45) is 5.73 Å². The van der Waals surface area contributed by atoms with Gasteiger partial charge < -0.3 is 11.1 Å². The van der Waals surface area contributed by atoms with E-state index in [1.165, 1.54) is 0 Å². The van der Waals surface area contributed by atoms with Crippen LogP contribution in [0.1, 0.15) is 32.3 Å². The minimum Gasteiger partial charge on any atom is -0.355 e. The Kier molecular flexibility index (Phi) is 5.82. The Morgan fingerprint density at radius 3 is 2.44 bits per heavy atom. The lowest BCUT2D eigenvalue weighted by Gasteiger charge is -2.24. The van der Waals surface area contributed by atoms with Gasteiger partial charge in [0.1, 0.15) is 0 Å². The predicted molar refractivity (Wildman–Crippen MR) is 78.5 cm³/mol. The second kappa shape index (κ2) is 6.90. The molecule has 0 saturated carbocycles. The lowest BCUT2D eigenvalue weighted by Crippen LogP contribution is -2.40. The number of nitrogens with two attached hydrogens (primary N) is 1. The van der Waals surface area contributed by atoms with Gasteiger partial charge in [0.2, 0.25) is 5.91 Å². The predicted octanol–water partition coefficient (Wildman–Crippen LogP) is 2.58. The van der Waals surface area contributed by atoms with Crippen molar-refractivity contribution in [3.05, 3.63) is 34.3 Å². The number of hydrogen-bond acceptors (Lipinski definition) is 2. The molecule has 1 aromatic rings. The molecule has 0 aliphatic rings. The molecule has 0 unspecified atom stereocenters. The van der Waals surface area contributed by atoms with Gasteiger partial charge in [0.05, 0.1) is 5.41 Å². The fourth-order valence-electron chi connectivity index (χ4n) is 1.69. The molecule has 4 heteroatoms. The molecule has 0 radical (unpaired) electrons. The zero-order valence-corrected chi connectivity index (χ0v) is 12.6. The molecule has 0 aliphatic heterocycles. The van der Waals surface area contributed by atoms with E-state index in [-0.39, 0.29) is 5.91 Å². The second-order valence-electron chi connectivity index (χ2n) is 4.88. The topological polar surface area (TPSA) is 55.1 Å². The van der Waals surface area contributed by atoms with E-state index in [0.717, 1.165) is 22.9 Å². The molecule has 0 fully saturated rings. The summed E-state index contributed by atoms with van der Waals surface area (Å²) < 4.78 is 1.02. The first-order chi connectivity index (χ1) is 8.48. The molecule has 1 aromatic carbocycles. The SMILES string of the molecule is CC(C)(C(=O)NCCCCN)c1ccc(Br)cc1. The number of hydrogen-bond donors (Lipinski definition) is 2. The van der Waals surface area contributed by atoms with Crippen molar-refractivity contribution < 1.29 is 4.79 Å². The summed E-state index contributed by atoms with van der Waals surface area (Å²) in [6, 6.07) is 7.87. The van der Waals surface area contributed by atoms with E-state index in [4.69, 9.17) is 5.73 Å². The number of halogens is 1. The van der Waals surface area contributed by atoms with Gasteiger partial charge in [-0.1, -0.05) is 28.1 Å². The maximum absolute atomic E-state index is 12.2. The minimum absolute atomic E-state index is 0.0573. The van der Waals surface area contributed by atoms with Crippen molar-refractivity contribution in [3.63, 3.8) is 0 Å². The maximum Gasteiger partial charge on any atom is 0.230 e. The van der Waals surface area contributed by atoms with Gasteiger partial charge in [-0.25, -0.2) is 0 Å². The summed E-state index contributed by atoms with van der Waals surface area (Å²) in [5, 5.41) is 2.96. The largest absolute Gasteiger partial charge is 0.355 e. The summed E-state index contributed by atoms with van der Waals surface area (Å²) in [5.74, 6) is 0.0573. The maximum atomic E-state index is 12.2. The zero-order chi connectivity index (χ0) is 13.6. The van der Waals surface area contributed by atoms with Crippen LogP contribution in [0.25, 0.3) is 0 Å². The molecule has 0 aromatic heterocycles. The number of rotatable bonds is 6. The average Bonchev–Trinajstić information content (AvgIpc) is 2.35. The van der Waals surface area contributed by atoms with Crippen LogP contribution < -0.4 is 11.1 Å². The Bertz CT molecular complexity index is 387. The van der Waals surface area contributed by atoms with Crippen molar-refractivity contribution in [3.8, 4) is 0 Å². The number of amides is 1. The van der Waals surface area contributed by atoms with Crippen LogP contribution in [0.4, 0.5) is 0 Å². The van der Waals surface area contributed by atoms with Crippen LogP contribution in [-0.2, 0) is 10.2 Å². The van der Waals surface area contributed by atoms with E-state index in [2.05, 4.69) is 21.2 Å². The van der Waals surface area contributed by atoms with Crippen molar-refractivity contribution in [2.75, 3.05) is 13.1 Å². The normalized spacial score (nSPS) is 11.3. The highest BCUT2D eigenvalue weighted by Crippen LogP contribution is 2.24. The Morgan fingerprint density at radius 1 is 1.28 bits per heavy atom. The summed E-state index contributed by atoms with van der Waals surface area (Å²) in [6.45, 7) is 5.24. The highest BCUT2D eigenvalue weighted by molar-refractivity contribution is 9.10. The summed E-state index contributed by atoms with van der Waals surface area (Å²) in [4.78, 5) is 12.2. The first-order valence-corrected chi connectivity index (χ1v) is 7.02. The first-order valence-electron chi connectivity index (χ1n) is 6.23. The van der Waals surface area contributed by atoms with Crippen LogP contribution in [0.5, 0.6) is 0 Å². The first kappa shape index (κ1) is 15.2. The van der Waals surface area contributed by atoms with Crippen LogP contribution in [0.2, 0.25) is 0 Å². The lowest BCUT2D eigenvalue weighted by atomic mass is 9.84. The third-order valence-electron chi connectivity index (χ3n) is 3.05. The van der Waals surface area contributed by atoms with Gasteiger partial charge in [-0.05, 0) is 50.9 Å². The molecule has 0 heterocycles. The smallest absolute Gasteiger partial charge is 0.230 e. The van der Waals surface area contributed by atoms with Crippen molar-refractivity contribution in [1.29, 1.82) is 0 Å². The molecule has 1 rings (SSSR count). The van der Waals surface area contributed by atoms with Gasteiger partial charge in [-0.3, -0.25) is 4.79 Å². The van der Waals surface area contributed by atoms with Gasteiger partial charge in [-0.2, -0.15) is 0 Å². The van der Waals surface area contributed by atoms with Crippen LogP contribution in [0, 0.1) is 0 Å². The molecule has 0 atom stereocenters. The molecule has 3 nitrogen and oxygen atoms in total. The van der Waals surface area contributed by atoms with Crippen molar-refractivity contribution in [2.45, 2.75) is 32.1 Å². The van der Waals surface area contributed by atoms with Crippen molar-refractivity contribution in [1.82, 2.24) is 5.32 Å². The fourth-order valence-corrected chi connectivity index (χ4v) is 1.95. The van der Waals surface area contributed by atoms with E-state index in [9.17, 15) is 4.79 Å². The number of unbranched alkanes of at least 4 members (excludes halogenated alkanes) is 1. The van der Waals surface area contributed by atoms with Gasteiger partial charge >= 0.3 is 0 Å². The third kappa shape index (κ3) is 4.10. The molecule has 0 bridgehead atoms. The molecule has 1 amide bonds. The molecular weight excluding hydrogens is 292 g/mol. The monoisotopic (exact) mass is 312 g/mol. The highest BCUT2D eigenvalue weighted by Gasteiger charge is 2.29. The van der Waals surface area contributed by atoms with E-state index in [0.29, 0.717) is 13.1 Å². The van der Waals surface area contributed by atoms with Crippen LogP contribution in [0.15, 0.2) is 28.7 Å². The lowest BCUT2D eigenvalue weighted by molar-refractivity contribution is -0.125. The summed E-state index contributed by atoms with van der Waals surface area (Å²) >= 11 is 3.40. The molecule has 3 N–H and O–H groups in total. The number of benzene rings is 1. The molecule has 0 saturated heterocycles. The van der Waals surface area contributed by atoms with Crippen molar-refractivity contribution >= 4 is 21.8 Å². The molecule has 0 aliphatic carbocycles. The molecule has 100 valence electrons. The number of carbonyl (C=O) groups excluding carboxylic acids is 1. The number of nitrogens with one attached hydrogen (secondary N) is 1. The van der Waals surface area contributed by atoms with Crippen LogP contribution in [-0.4, -0.2) is 19.0 Å². The Balaban J connectivity index is 2.61. The van der Waals surface area contributed by atoms with Gasteiger partial charge in [-0.15, -0.1) is 0 Å². The standard InChI is InChI=1S/C14H21BrN2O/c1-14(2,11-5-7-12(15)8-6-11)13(18)17-10-4-3-9-16/h5-8H,3-4,9-10,16H2,1-2H3,(H,17,18). The van der Waals surface area contributed by atoms with E-state index < -0.39 is 5.41 Å². The molecular formula is C14H21BrN2O. The summed E-state index contributed by atoms with van der Waals surface area (Å²) in [7, 11) is 0. The minimum atomic E-state index is -0.511. The molecule has 18 heavy (non-hydrogen) atoms. The highest BCUT2D eigenvalue weighted by atomic mass is 79.9. The van der Waals surface area contributed by atoms with Gasteiger partial charge in [0, 0.05) is 11.0 Å². The molecule has 0 spiro atoms.